The Morgan fingerprint density at radius 2 is 2.04 bits per heavy atom. The largest absolute Gasteiger partial charge is 0.356 e. The van der Waals surface area contributed by atoms with Crippen molar-refractivity contribution < 1.29 is 13.2 Å². The van der Waals surface area contributed by atoms with Gasteiger partial charge in [0.05, 0.1) is 11.5 Å². The number of pyridine rings is 1. The number of piperazine rings is 1. The number of hydrogen-bond donors (Lipinski definition) is 0. The monoisotopic (exact) mass is 366 g/mol. The molecule has 8 heteroatoms. The molecule has 2 saturated heterocycles. The van der Waals surface area contributed by atoms with E-state index in [0.717, 1.165) is 32.7 Å². The second-order valence-electron chi connectivity index (χ2n) is 6.80. The first-order chi connectivity index (χ1) is 11.9. The predicted octanol–water partition coefficient (Wildman–Crippen LogP) is 0.483. The van der Waals surface area contributed by atoms with Crippen LogP contribution in [-0.2, 0) is 9.84 Å². The van der Waals surface area contributed by atoms with Crippen LogP contribution in [0, 0.1) is 0 Å². The smallest absolute Gasteiger partial charge is 0.254 e. The second-order valence-corrected chi connectivity index (χ2v) is 9.03. The molecule has 3 heterocycles. The summed E-state index contributed by atoms with van der Waals surface area (Å²) in [6, 6.07) is 3.44. The third-order valence-corrected chi connectivity index (χ3v) is 6.97. The van der Waals surface area contributed by atoms with E-state index in [1.165, 1.54) is 0 Å². The molecular formula is C17H26N4O3S. The standard InChI is InChI=1S/C17H26N4O3S/c1-3-20-7-9-21(10-8-20)17(22)14-4-6-18-16(12-14)19(2)15-5-11-25(23,24)13-15/h4,6,12,15H,3,5,7-11,13H2,1-2H3. The van der Waals surface area contributed by atoms with Crippen molar-refractivity contribution in [3.8, 4) is 0 Å². The average molecular weight is 366 g/mol. The summed E-state index contributed by atoms with van der Waals surface area (Å²) in [6.07, 6.45) is 2.24. The summed E-state index contributed by atoms with van der Waals surface area (Å²) in [5.74, 6) is 1.05. The van der Waals surface area contributed by atoms with Crippen LogP contribution in [0.3, 0.4) is 0 Å². The van der Waals surface area contributed by atoms with Crippen LogP contribution in [0.1, 0.15) is 23.7 Å². The summed E-state index contributed by atoms with van der Waals surface area (Å²) in [5, 5.41) is 0. The third kappa shape index (κ3) is 4.12. The summed E-state index contributed by atoms with van der Waals surface area (Å²) < 4.78 is 23.4. The van der Waals surface area contributed by atoms with Crippen molar-refractivity contribution in [1.29, 1.82) is 0 Å². The highest BCUT2D eigenvalue weighted by Gasteiger charge is 2.31. The van der Waals surface area contributed by atoms with Gasteiger partial charge in [0.25, 0.3) is 5.91 Å². The number of hydrogen-bond acceptors (Lipinski definition) is 6. The van der Waals surface area contributed by atoms with Crippen LogP contribution in [0.15, 0.2) is 18.3 Å². The zero-order chi connectivity index (χ0) is 18.0. The average Bonchev–Trinajstić information content (AvgIpc) is 3.00. The van der Waals surface area contributed by atoms with E-state index in [4.69, 9.17) is 0 Å². The van der Waals surface area contributed by atoms with Gasteiger partial charge >= 0.3 is 0 Å². The Bertz CT molecular complexity index is 729. The lowest BCUT2D eigenvalue weighted by Gasteiger charge is -2.34. The summed E-state index contributed by atoms with van der Waals surface area (Å²) in [7, 11) is -1.10. The number of rotatable bonds is 4. The van der Waals surface area contributed by atoms with E-state index in [9.17, 15) is 13.2 Å². The molecule has 0 aliphatic carbocycles. The van der Waals surface area contributed by atoms with Crippen LogP contribution < -0.4 is 4.90 Å². The molecule has 3 rings (SSSR count). The zero-order valence-corrected chi connectivity index (χ0v) is 15.7. The minimum Gasteiger partial charge on any atom is -0.356 e. The number of sulfone groups is 1. The van der Waals surface area contributed by atoms with Gasteiger partial charge in [-0.2, -0.15) is 0 Å². The molecule has 25 heavy (non-hydrogen) atoms. The van der Waals surface area contributed by atoms with Gasteiger partial charge in [0.2, 0.25) is 0 Å². The summed E-state index contributed by atoms with van der Waals surface area (Å²) in [5.41, 5.74) is 0.614. The van der Waals surface area contributed by atoms with Crippen LogP contribution >= 0.6 is 0 Å². The van der Waals surface area contributed by atoms with Gasteiger partial charge < -0.3 is 14.7 Å². The number of likely N-dealkylation sites (N-methyl/N-ethyl adjacent to an activating group) is 1. The molecule has 1 aromatic rings. The normalized spacial score (nSPS) is 23.6. The molecule has 7 nitrogen and oxygen atoms in total. The van der Waals surface area contributed by atoms with Crippen molar-refractivity contribution in [1.82, 2.24) is 14.8 Å². The molecule has 2 fully saturated rings. The van der Waals surface area contributed by atoms with E-state index < -0.39 is 9.84 Å². The minimum atomic E-state index is -2.95. The van der Waals surface area contributed by atoms with Gasteiger partial charge in [-0.3, -0.25) is 4.79 Å². The number of aromatic nitrogens is 1. The lowest BCUT2D eigenvalue weighted by atomic mass is 10.2. The maximum atomic E-state index is 12.8. The molecule has 1 unspecified atom stereocenters. The molecule has 1 aromatic heterocycles. The van der Waals surface area contributed by atoms with E-state index in [0.29, 0.717) is 17.8 Å². The lowest BCUT2D eigenvalue weighted by Crippen LogP contribution is -2.48. The Balaban J connectivity index is 1.70. The first-order valence-corrected chi connectivity index (χ1v) is 10.6. The van der Waals surface area contributed by atoms with Crippen LogP contribution in [0.5, 0.6) is 0 Å². The molecule has 0 bridgehead atoms. The van der Waals surface area contributed by atoms with Gasteiger partial charge in [-0.05, 0) is 25.1 Å². The van der Waals surface area contributed by atoms with E-state index in [1.807, 2.05) is 16.8 Å². The first-order valence-electron chi connectivity index (χ1n) is 8.80. The predicted molar refractivity (Wildman–Crippen MR) is 97.7 cm³/mol. The Kier molecular flexibility index (Phi) is 5.29. The quantitative estimate of drug-likeness (QED) is 0.772. The van der Waals surface area contributed by atoms with Crippen LogP contribution in [0.25, 0.3) is 0 Å². The topological polar surface area (TPSA) is 73.8 Å². The number of carbonyl (C=O) groups is 1. The molecule has 0 spiro atoms. The number of anilines is 1. The van der Waals surface area contributed by atoms with Crippen LogP contribution in [0.4, 0.5) is 5.82 Å². The van der Waals surface area contributed by atoms with Crippen molar-refractivity contribution in [3.05, 3.63) is 23.9 Å². The third-order valence-electron chi connectivity index (χ3n) is 5.22. The Hall–Kier alpha value is -1.67. The Labute approximate surface area is 149 Å². The van der Waals surface area contributed by atoms with Gasteiger partial charge in [0, 0.05) is 51.0 Å². The second kappa shape index (κ2) is 7.29. The van der Waals surface area contributed by atoms with E-state index >= 15 is 0 Å². The summed E-state index contributed by atoms with van der Waals surface area (Å²) >= 11 is 0. The molecule has 0 radical (unpaired) electrons. The number of carbonyl (C=O) groups excluding carboxylic acids is 1. The van der Waals surface area contributed by atoms with Crippen molar-refractivity contribution in [3.63, 3.8) is 0 Å². The highest BCUT2D eigenvalue weighted by atomic mass is 32.2. The fourth-order valence-corrected chi connectivity index (χ4v) is 5.24. The van der Waals surface area contributed by atoms with Crippen molar-refractivity contribution in [2.24, 2.45) is 0 Å². The van der Waals surface area contributed by atoms with Gasteiger partial charge in [0.15, 0.2) is 9.84 Å². The van der Waals surface area contributed by atoms with Crippen molar-refractivity contribution in [2.45, 2.75) is 19.4 Å². The molecule has 1 amide bonds. The van der Waals surface area contributed by atoms with Crippen LogP contribution in [-0.4, -0.2) is 86.4 Å². The molecule has 2 aliphatic heterocycles. The molecule has 0 N–H and O–H groups in total. The number of nitrogens with zero attached hydrogens (tertiary/aromatic N) is 4. The van der Waals surface area contributed by atoms with Crippen molar-refractivity contribution >= 4 is 21.6 Å². The van der Waals surface area contributed by atoms with Gasteiger partial charge in [-0.15, -0.1) is 0 Å². The van der Waals surface area contributed by atoms with Gasteiger partial charge in [0.1, 0.15) is 5.82 Å². The SMILES string of the molecule is CCN1CCN(C(=O)c2ccnc(N(C)C3CCS(=O)(=O)C3)c2)CC1. The molecule has 0 aromatic carbocycles. The van der Waals surface area contributed by atoms with E-state index in [2.05, 4.69) is 16.8 Å². The highest BCUT2D eigenvalue weighted by molar-refractivity contribution is 7.91. The van der Waals surface area contributed by atoms with E-state index in [1.54, 1.807) is 18.3 Å². The molecule has 138 valence electrons. The van der Waals surface area contributed by atoms with Crippen LogP contribution in [0.2, 0.25) is 0 Å². The fraction of sp³-hybridized carbons (Fsp3) is 0.647. The fourth-order valence-electron chi connectivity index (χ4n) is 3.46. The maximum Gasteiger partial charge on any atom is 0.254 e. The van der Waals surface area contributed by atoms with Gasteiger partial charge in [-0.1, -0.05) is 6.92 Å². The molecule has 2 aliphatic rings. The maximum absolute atomic E-state index is 12.8. The summed E-state index contributed by atoms with van der Waals surface area (Å²) in [6.45, 7) is 6.42. The Morgan fingerprint density at radius 1 is 1.32 bits per heavy atom. The minimum absolute atomic E-state index is 0.0202. The molecular weight excluding hydrogens is 340 g/mol. The number of amides is 1. The molecule has 1 atom stereocenters. The summed E-state index contributed by atoms with van der Waals surface area (Å²) in [4.78, 5) is 23.2. The van der Waals surface area contributed by atoms with Gasteiger partial charge in [-0.25, -0.2) is 13.4 Å². The van der Waals surface area contributed by atoms with Crippen molar-refractivity contribution in [2.75, 3.05) is 56.2 Å². The molecule has 0 saturated carbocycles. The lowest BCUT2D eigenvalue weighted by molar-refractivity contribution is 0.0643. The first kappa shape index (κ1) is 18.1. The van der Waals surface area contributed by atoms with E-state index in [-0.39, 0.29) is 23.5 Å². The Morgan fingerprint density at radius 3 is 2.64 bits per heavy atom. The zero-order valence-electron chi connectivity index (χ0n) is 14.9. The highest BCUT2D eigenvalue weighted by Crippen LogP contribution is 2.22.